The van der Waals surface area contributed by atoms with Crippen molar-refractivity contribution in [3.05, 3.63) is 30.3 Å². The first-order chi connectivity index (χ1) is 7.24. The van der Waals surface area contributed by atoms with Crippen molar-refractivity contribution in [1.82, 2.24) is 4.90 Å². The largest absolute Gasteiger partial charge is 0.398 e. The third-order valence-electron chi connectivity index (χ3n) is 1.67. The predicted molar refractivity (Wildman–Crippen MR) is 58.7 cm³/mol. The molecule has 2 amide bonds. The molecule has 5 nitrogen and oxygen atoms in total. The van der Waals surface area contributed by atoms with Gasteiger partial charge < -0.3 is 10.2 Å². The first-order valence-electron chi connectivity index (χ1n) is 4.39. The van der Waals surface area contributed by atoms with Crippen LogP contribution in [-0.4, -0.2) is 31.4 Å². The van der Waals surface area contributed by atoms with Crippen molar-refractivity contribution in [1.29, 1.82) is 0 Å². The highest BCUT2D eigenvalue weighted by atomic mass is 16.6. The molecular formula is C10H13N3O2. The Hall–Kier alpha value is -2.04. The van der Waals surface area contributed by atoms with Crippen molar-refractivity contribution >= 4 is 18.1 Å². The van der Waals surface area contributed by atoms with Crippen LogP contribution in [0.1, 0.15) is 0 Å². The lowest BCUT2D eigenvalue weighted by Crippen LogP contribution is -2.30. The van der Waals surface area contributed by atoms with Gasteiger partial charge >= 0.3 is 6.03 Å². The van der Waals surface area contributed by atoms with Gasteiger partial charge in [0, 0.05) is 12.7 Å². The Kier molecular flexibility index (Phi) is 4.15. The second-order valence-electron chi connectivity index (χ2n) is 2.81. The van der Waals surface area contributed by atoms with E-state index in [0.717, 1.165) is 5.69 Å². The SMILES string of the molecule is CON=CN(C)C(=O)Nc1ccccc1. The van der Waals surface area contributed by atoms with Crippen LogP contribution in [0.15, 0.2) is 35.5 Å². The van der Waals surface area contributed by atoms with Crippen LogP contribution in [0.3, 0.4) is 0 Å². The molecule has 5 heteroatoms. The van der Waals surface area contributed by atoms with Crippen LogP contribution in [0.2, 0.25) is 0 Å². The standard InChI is InChI=1S/C10H13N3O2/c1-13(8-11-15-2)10(14)12-9-6-4-3-5-7-9/h3-8H,1-2H3,(H,12,14). The Balaban J connectivity index is 2.52. The maximum atomic E-state index is 11.5. The summed E-state index contributed by atoms with van der Waals surface area (Å²) in [5.74, 6) is 0. The van der Waals surface area contributed by atoms with Crippen LogP contribution in [-0.2, 0) is 4.84 Å². The van der Waals surface area contributed by atoms with Crippen LogP contribution in [0.4, 0.5) is 10.5 Å². The number of amides is 2. The Morgan fingerprint density at radius 1 is 1.47 bits per heavy atom. The highest BCUT2D eigenvalue weighted by Gasteiger charge is 2.05. The average Bonchev–Trinajstić information content (AvgIpc) is 2.27. The van der Waals surface area contributed by atoms with E-state index in [9.17, 15) is 4.79 Å². The minimum atomic E-state index is -0.276. The molecule has 1 rings (SSSR count). The molecule has 0 atom stereocenters. The smallest absolute Gasteiger partial charge is 0.326 e. The monoisotopic (exact) mass is 207 g/mol. The maximum absolute atomic E-state index is 11.5. The zero-order chi connectivity index (χ0) is 11.1. The summed E-state index contributed by atoms with van der Waals surface area (Å²) in [6, 6.07) is 8.91. The highest BCUT2D eigenvalue weighted by Crippen LogP contribution is 2.05. The van der Waals surface area contributed by atoms with Gasteiger partial charge in [-0.05, 0) is 12.1 Å². The topological polar surface area (TPSA) is 53.9 Å². The summed E-state index contributed by atoms with van der Waals surface area (Å²) in [6.07, 6.45) is 1.29. The third kappa shape index (κ3) is 3.68. The van der Waals surface area contributed by atoms with Crippen molar-refractivity contribution in [3.63, 3.8) is 0 Å². The zero-order valence-electron chi connectivity index (χ0n) is 8.68. The normalized spacial score (nSPS) is 10.0. The fourth-order valence-corrected chi connectivity index (χ4v) is 0.903. The molecule has 1 aromatic carbocycles. The Morgan fingerprint density at radius 2 is 2.13 bits per heavy atom. The number of oxime groups is 1. The molecule has 1 N–H and O–H groups in total. The molecule has 0 aliphatic carbocycles. The van der Waals surface area contributed by atoms with Gasteiger partial charge in [0.1, 0.15) is 13.4 Å². The second kappa shape index (κ2) is 5.64. The molecule has 0 unspecified atom stereocenters. The molecule has 0 aliphatic heterocycles. The van der Waals surface area contributed by atoms with Crippen molar-refractivity contribution < 1.29 is 9.63 Å². The van der Waals surface area contributed by atoms with Crippen LogP contribution in [0.5, 0.6) is 0 Å². The van der Waals surface area contributed by atoms with Gasteiger partial charge in [-0.25, -0.2) is 4.79 Å². The van der Waals surface area contributed by atoms with E-state index in [1.807, 2.05) is 18.2 Å². The molecule has 0 aliphatic rings. The lowest BCUT2D eigenvalue weighted by Gasteiger charge is -2.11. The molecule has 0 saturated carbocycles. The van der Waals surface area contributed by atoms with Crippen LogP contribution < -0.4 is 5.32 Å². The molecular weight excluding hydrogens is 194 g/mol. The minimum Gasteiger partial charge on any atom is -0.398 e. The van der Waals surface area contributed by atoms with Gasteiger partial charge in [0.25, 0.3) is 0 Å². The fourth-order valence-electron chi connectivity index (χ4n) is 0.903. The predicted octanol–water partition coefficient (Wildman–Crippen LogP) is 1.74. The molecule has 0 bridgehead atoms. The van der Waals surface area contributed by atoms with E-state index >= 15 is 0 Å². The van der Waals surface area contributed by atoms with E-state index in [4.69, 9.17) is 0 Å². The molecule has 1 aromatic rings. The molecule has 0 fully saturated rings. The number of para-hydroxylation sites is 1. The average molecular weight is 207 g/mol. The summed E-state index contributed by atoms with van der Waals surface area (Å²) in [5, 5.41) is 6.17. The van der Waals surface area contributed by atoms with Gasteiger partial charge in [-0.15, -0.1) is 0 Å². The van der Waals surface area contributed by atoms with Gasteiger partial charge in [-0.2, -0.15) is 0 Å². The third-order valence-corrected chi connectivity index (χ3v) is 1.67. The lowest BCUT2D eigenvalue weighted by atomic mass is 10.3. The summed E-state index contributed by atoms with van der Waals surface area (Å²) >= 11 is 0. The Morgan fingerprint density at radius 3 is 2.73 bits per heavy atom. The maximum Gasteiger partial charge on any atom is 0.326 e. The molecule has 0 radical (unpaired) electrons. The molecule has 0 heterocycles. The number of hydrogen-bond acceptors (Lipinski definition) is 3. The molecule has 0 saturated heterocycles. The molecule has 80 valence electrons. The van der Waals surface area contributed by atoms with Crippen molar-refractivity contribution in [3.8, 4) is 0 Å². The molecule has 0 aromatic heterocycles. The second-order valence-corrected chi connectivity index (χ2v) is 2.81. The van der Waals surface area contributed by atoms with Crippen LogP contribution >= 0.6 is 0 Å². The van der Waals surface area contributed by atoms with Crippen molar-refractivity contribution in [2.24, 2.45) is 5.16 Å². The summed E-state index contributed by atoms with van der Waals surface area (Å²) in [5.41, 5.74) is 0.736. The molecule has 15 heavy (non-hydrogen) atoms. The summed E-state index contributed by atoms with van der Waals surface area (Å²) < 4.78 is 0. The summed E-state index contributed by atoms with van der Waals surface area (Å²) in [4.78, 5) is 17.2. The first-order valence-corrected chi connectivity index (χ1v) is 4.39. The number of nitrogens with zero attached hydrogens (tertiary/aromatic N) is 2. The number of urea groups is 1. The number of carbonyl (C=O) groups is 1. The van der Waals surface area contributed by atoms with Gasteiger partial charge in [-0.1, -0.05) is 23.4 Å². The number of benzene rings is 1. The highest BCUT2D eigenvalue weighted by molar-refractivity contribution is 5.95. The lowest BCUT2D eigenvalue weighted by molar-refractivity contribution is 0.208. The van der Waals surface area contributed by atoms with Gasteiger partial charge in [0.2, 0.25) is 0 Å². The Bertz CT molecular complexity index is 338. The first kappa shape index (κ1) is 11.0. The number of rotatable bonds is 3. The van der Waals surface area contributed by atoms with Gasteiger partial charge in [0.05, 0.1) is 0 Å². The Labute approximate surface area is 88.3 Å². The van der Waals surface area contributed by atoms with E-state index in [2.05, 4.69) is 15.3 Å². The van der Waals surface area contributed by atoms with E-state index in [-0.39, 0.29) is 6.03 Å². The zero-order valence-corrected chi connectivity index (χ0v) is 8.68. The minimum absolute atomic E-state index is 0.276. The van der Waals surface area contributed by atoms with E-state index in [1.54, 1.807) is 19.2 Å². The van der Waals surface area contributed by atoms with E-state index in [1.165, 1.54) is 18.3 Å². The number of carbonyl (C=O) groups excluding carboxylic acids is 1. The number of anilines is 1. The van der Waals surface area contributed by atoms with E-state index in [0.29, 0.717) is 0 Å². The van der Waals surface area contributed by atoms with Crippen molar-refractivity contribution in [2.75, 3.05) is 19.5 Å². The quantitative estimate of drug-likeness (QED) is 0.466. The van der Waals surface area contributed by atoms with Crippen LogP contribution in [0, 0.1) is 0 Å². The van der Waals surface area contributed by atoms with Crippen LogP contribution in [0.25, 0.3) is 0 Å². The summed E-state index contributed by atoms with van der Waals surface area (Å²) in [7, 11) is 3.00. The fraction of sp³-hybridized carbons (Fsp3) is 0.200. The van der Waals surface area contributed by atoms with E-state index < -0.39 is 0 Å². The van der Waals surface area contributed by atoms with Crippen molar-refractivity contribution in [2.45, 2.75) is 0 Å². The van der Waals surface area contributed by atoms with Gasteiger partial charge in [0.15, 0.2) is 0 Å². The number of nitrogens with one attached hydrogen (secondary N) is 1. The number of hydrogen-bond donors (Lipinski definition) is 1. The van der Waals surface area contributed by atoms with Gasteiger partial charge in [-0.3, -0.25) is 4.90 Å². The molecule has 0 spiro atoms. The summed E-state index contributed by atoms with van der Waals surface area (Å²) in [6.45, 7) is 0.